The molecule has 0 aromatic carbocycles. The number of nitrogens with zero attached hydrogens (tertiary/aromatic N) is 4. The van der Waals surface area contributed by atoms with E-state index in [2.05, 4.69) is 27.4 Å². The maximum atomic E-state index is 4.30. The highest BCUT2D eigenvalue weighted by molar-refractivity contribution is 5.07. The monoisotopic (exact) mass is 217 g/mol. The van der Waals surface area contributed by atoms with E-state index in [1.54, 1.807) is 12.5 Å². The minimum Gasteiger partial charge on any atom is -0.320 e. The van der Waals surface area contributed by atoms with Crippen LogP contribution in [0.3, 0.4) is 0 Å². The molecule has 1 N–H and O–H groups in total. The SMILES string of the molecule is CC(NCc1nncn1C)c1ccccn1. The van der Waals surface area contributed by atoms with Crippen molar-refractivity contribution in [1.82, 2.24) is 25.1 Å². The van der Waals surface area contributed by atoms with Crippen LogP contribution in [0.1, 0.15) is 24.5 Å². The van der Waals surface area contributed by atoms with Gasteiger partial charge in [-0.05, 0) is 19.1 Å². The summed E-state index contributed by atoms with van der Waals surface area (Å²) in [6, 6.07) is 6.12. The van der Waals surface area contributed by atoms with Gasteiger partial charge in [-0.2, -0.15) is 0 Å². The molecule has 1 atom stereocenters. The second-order valence-corrected chi connectivity index (χ2v) is 3.72. The van der Waals surface area contributed by atoms with E-state index >= 15 is 0 Å². The maximum absolute atomic E-state index is 4.30. The van der Waals surface area contributed by atoms with Crippen molar-refractivity contribution in [1.29, 1.82) is 0 Å². The lowest BCUT2D eigenvalue weighted by atomic mass is 10.2. The normalized spacial score (nSPS) is 12.6. The maximum Gasteiger partial charge on any atom is 0.146 e. The average Bonchev–Trinajstić information content (AvgIpc) is 2.73. The topological polar surface area (TPSA) is 55.6 Å². The quantitative estimate of drug-likeness (QED) is 0.832. The molecule has 0 aliphatic rings. The zero-order valence-electron chi connectivity index (χ0n) is 9.46. The lowest BCUT2D eigenvalue weighted by Crippen LogP contribution is -2.20. The Morgan fingerprint density at radius 2 is 2.31 bits per heavy atom. The molecule has 84 valence electrons. The van der Waals surface area contributed by atoms with Gasteiger partial charge in [-0.15, -0.1) is 10.2 Å². The van der Waals surface area contributed by atoms with E-state index in [9.17, 15) is 0 Å². The molecule has 0 bridgehead atoms. The number of aromatic nitrogens is 4. The van der Waals surface area contributed by atoms with Crippen LogP contribution in [-0.2, 0) is 13.6 Å². The van der Waals surface area contributed by atoms with Crippen LogP contribution in [0.4, 0.5) is 0 Å². The smallest absolute Gasteiger partial charge is 0.146 e. The fraction of sp³-hybridized carbons (Fsp3) is 0.364. The minimum atomic E-state index is 0.206. The van der Waals surface area contributed by atoms with Crippen LogP contribution < -0.4 is 5.32 Å². The molecule has 2 heterocycles. The fourth-order valence-electron chi connectivity index (χ4n) is 1.45. The summed E-state index contributed by atoms with van der Waals surface area (Å²) in [4.78, 5) is 4.30. The van der Waals surface area contributed by atoms with Crippen molar-refractivity contribution in [3.63, 3.8) is 0 Å². The number of hydrogen-bond acceptors (Lipinski definition) is 4. The molecule has 5 heteroatoms. The van der Waals surface area contributed by atoms with Crippen LogP contribution in [0.5, 0.6) is 0 Å². The van der Waals surface area contributed by atoms with Crippen LogP contribution in [0, 0.1) is 0 Å². The Labute approximate surface area is 94.5 Å². The van der Waals surface area contributed by atoms with Crippen molar-refractivity contribution in [2.45, 2.75) is 19.5 Å². The largest absolute Gasteiger partial charge is 0.320 e. The highest BCUT2D eigenvalue weighted by Gasteiger charge is 2.07. The summed E-state index contributed by atoms with van der Waals surface area (Å²) in [6.45, 7) is 2.77. The van der Waals surface area contributed by atoms with Crippen LogP contribution in [0.15, 0.2) is 30.7 Å². The number of hydrogen-bond donors (Lipinski definition) is 1. The molecule has 0 saturated carbocycles. The molecule has 0 fully saturated rings. The number of nitrogens with one attached hydrogen (secondary N) is 1. The van der Waals surface area contributed by atoms with Crippen molar-refractivity contribution in [3.05, 3.63) is 42.2 Å². The molecule has 0 aliphatic carbocycles. The Balaban J connectivity index is 1.94. The lowest BCUT2D eigenvalue weighted by Gasteiger charge is -2.12. The first kappa shape index (κ1) is 10.8. The van der Waals surface area contributed by atoms with Crippen molar-refractivity contribution in [2.75, 3.05) is 0 Å². The van der Waals surface area contributed by atoms with Crippen molar-refractivity contribution in [2.24, 2.45) is 7.05 Å². The molecule has 0 amide bonds. The van der Waals surface area contributed by atoms with Crippen LogP contribution in [0.25, 0.3) is 0 Å². The molecule has 0 saturated heterocycles. The van der Waals surface area contributed by atoms with Crippen LogP contribution in [0.2, 0.25) is 0 Å². The van der Waals surface area contributed by atoms with Gasteiger partial charge in [-0.3, -0.25) is 4.98 Å². The van der Waals surface area contributed by atoms with Gasteiger partial charge in [0, 0.05) is 19.3 Å². The van der Waals surface area contributed by atoms with Crippen molar-refractivity contribution in [3.8, 4) is 0 Å². The molecule has 0 radical (unpaired) electrons. The van der Waals surface area contributed by atoms with Gasteiger partial charge >= 0.3 is 0 Å². The van der Waals surface area contributed by atoms with Crippen molar-refractivity contribution < 1.29 is 0 Å². The second-order valence-electron chi connectivity index (χ2n) is 3.72. The van der Waals surface area contributed by atoms with Gasteiger partial charge in [0.2, 0.25) is 0 Å². The van der Waals surface area contributed by atoms with E-state index in [1.807, 2.05) is 29.8 Å². The zero-order valence-corrected chi connectivity index (χ0v) is 9.46. The highest BCUT2D eigenvalue weighted by atomic mass is 15.3. The van der Waals surface area contributed by atoms with Gasteiger partial charge in [0.15, 0.2) is 0 Å². The van der Waals surface area contributed by atoms with Gasteiger partial charge in [0.05, 0.1) is 12.2 Å². The minimum absolute atomic E-state index is 0.206. The zero-order chi connectivity index (χ0) is 11.4. The van der Waals surface area contributed by atoms with Gasteiger partial charge in [0.25, 0.3) is 0 Å². The Bertz CT molecular complexity index is 437. The predicted octanol–water partition coefficient (Wildman–Crippen LogP) is 1.06. The van der Waals surface area contributed by atoms with Crippen molar-refractivity contribution >= 4 is 0 Å². The molecule has 2 rings (SSSR count). The molecule has 2 aromatic heterocycles. The first-order valence-electron chi connectivity index (χ1n) is 5.24. The van der Waals surface area contributed by atoms with E-state index in [0.29, 0.717) is 6.54 Å². The summed E-state index contributed by atoms with van der Waals surface area (Å²) in [5.41, 5.74) is 1.03. The van der Waals surface area contributed by atoms with Gasteiger partial charge in [-0.1, -0.05) is 6.07 Å². The highest BCUT2D eigenvalue weighted by Crippen LogP contribution is 2.08. The molecule has 5 nitrogen and oxygen atoms in total. The molecule has 16 heavy (non-hydrogen) atoms. The predicted molar refractivity (Wildman–Crippen MR) is 60.5 cm³/mol. The summed E-state index contributed by atoms with van der Waals surface area (Å²) in [6.07, 6.45) is 3.50. The van der Waals surface area contributed by atoms with Gasteiger partial charge < -0.3 is 9.88 Å². The third-order valence-corrected chi connectivity index (χ3v) is 2.50. The average molecular weight is 217 g/mol. The Kier molecular flexibility index (Phi) is 3.26. The lowest BCUT2D eigenvalue weighted by molar-refractivity contribution is 0.537. The molecule has 2 aromatic rings. The summed E-state index contributed by atoms with van der Waals surface area (Å²) in [5, 5.41) is 11.2. The number of rotatable bonds is 4. The van der Waals surface area contributed by atoms with E-state index in [0.717, 1.165) is 11.5 Å². The van der Waals surface area contributed by atoms with Crippen LogP contribution in [-0.4, -0.2) is 19.7 Å². The summed E-state index contributed by atoms with van der Waals surface area (Å²) < 4.78 is 1.90. The fourth-order valence-corrected chi connectivity index (χ4v) is 1.45. The van der Waals surface area contributed by atoms with Gasteiger partial charge in [0.1, 0.15) is 12.2 Å². The molecule has 0 aliphatic heterocycles. The van der Waals surface area contributed by atoms with E-state index < -0.39 is 0 Å². The number of aryl methyl sites for hydroxylation is 1. The Morgan fingerprint density at radius 3 is 2.94 bits per heavy atom. The standard InChI is InChI=1S/C11H15N5/c1-9(10-5-3-4-6-12-10)13-7-11-15-14-8-16(11)2/h3-6,8-9,13H,7H2,1-2H3. The second kappa shape index (κ2) is 4.85. The first-order valence-corrected chi connectivity index (χ1v) is 5.24. The first-order chi connectivity index (χ1) is 7.77. The summed E-state index contributed by atoms with van der Waals surface area (Å²) in [5.74, 6) is 0.919. The molecule has 1 unspecified atom stereocenters. The summed E-state index contributed by atoms with van der Waals surface area (Å²) >= 11 is 0. The summed E-state index contributed by atoms with van der Waals surface area (Å²) in [7, 11) is 1.93. The van der Waals surface area contributed by atoms with E-state index in [1.165, 1.54) is 0 Å². The Hall–Kier alpha value is -1.75. The number of pyridine rings is 1. The van der Waals surface area contributed by atoms with E-state index in [-0.39, 0.29) is 6.04 Å². The Morgan fingerprint density at radius 1 is 1.44 bits per heavy atom. The third kappa shape index (κ3) is 2.43. The van der Waals surface area contributed by atoms with E-state index in [4.69, 9.17) is 0 Å². The van der Waals surface area contributed by atoms with Gasteiger partial charge in [-0.25, -0.2) is 0 Å². The molecular formula is C11H15N5. The van der Waals surface area contributed by atoms with Crippen LogP contribution >= 0.6 is 0 Å². The molecule has 0 spiro atoms. The molecular weight excluding hydrogens is 202 g/mol. The third-order valence-electron chi connectivity index (χ3n) is 2.50.